The summed E-state index contributed by atoms with van der Waals surface area (Å²) in [4.78, 5) is 37.8. The highest BCUT2D eigenvalue weighted by Crippen LogP contribution is 2.38. The molecule has 0 spiro atoms. The smallest absolute Gasteiger partial charge is 0.306 e. The van der Waals surface area contributed by atoms with Crippen LogP contribution in [0.15, 0.2) is 134 Å². The summed E-state index contributed by atoms with van der Waals surface area (Å²) in [5.41, 5.74) is 0. The number of phosphoric acid groups is 1. The van der Waals surface area contributed by atoms with E-state index in [-0.39, 0.29) is 26.1 Å². The van der Waals surface area contributed by atoms with Crippen molar-refractivity contribution in [3.8, 4) is 0 Å². The van der Waals surface area contributed by atoms with Crippen LogP contribution in [0.3, 0.4) is 0 Å². The van der Waals surface area contributed by atoms with E-state index in [2.05, 4.69) is 141 Å². The van der Waals surface area contributed by atoms with Crippen LogP contribution in [-0.4, -0.2) is 70.0 Å². The van der Waals surface area contributed by atoms with Crippen LogP contribution in [0.25, 0.3) is 0 Å². The van der Waals surface area contributed by atoms with E-state index < -0.39 is 32.5 Å². The molecule has 10 heteroatoms. The molecule has 0 radical (unpaired) electrons. The van der Waals surface area contributed by atoms with Gasteiger partial charge in [-0.2, -0.15) is 0 Å². The Hall–Kier alpha value is -3.85. The number of quaternary nitrogens is 1. The quantitative estimate of drug-likeness (QED) is 0.0195. The third-order valence-corrected chi connectivity index (χ3v) is 12.1. The van der Waals surface area contributed by atoms with Crippen molar-refractivity contribution in [3.05, 3.63) is 134 Å². The maximum atomic E-state index is 12.8. The van der Waals surface area contributed by atoms with Gasteiger partial charge in [0, 0.05) is 12.8 Å². The first kappa shape index (κ1) is 68.2. The fourth-order valence-corrected chi connectivity index (χ4v) is 7.59. The lowest BCUT2D eigenvalue weighted by molar-refractivity contribution is -0.870. The summed E-state index contributed by atoms with van der Waals surface area (Å²) in [5, 5.41) is 0. The van der Waals surface area contributed by atoms with Gasteiger partial charge < -0.3 is 27.9 Å². The molecule has 0 aromatic rings. The molecular weight excluding hydrogens is 918 g/mol. The Morgan fingerprint density at radius 1 is 0.444 bits per heavy atom. The highest BCUT2D eigenvalue weighted by molar-refractivity contribution is 7.45. The maximum absolute atomic E-state index is 12.8. The zero-order valence-electron chi connectivity index (χ0n) is 46.1. The second-order valence-corrected chi connectivity index (χ2v) is 20.6. The average Bonchev–Trinajstić information content (AvgIpc) is 3.34. The van der Waals surface area contributed by atoms with Crippen LogP contribution in [0.4, 0.5) is 0 Å². The minimum Gasteiger partial charge on any atom is -0.756 e. The van der Waals surface area contributed by atoms with Gasteiger partial charge in [0.15, 0.2) is 6.10 Å². The van der Waals surface area contributed by atoms with Gasteiger partial charge in [-0.05, 0) is 109 Å². The average molecular weight is 1020 g/mol. The van der Waals surface area contributed by atoms with E-state index in [9.17, 15) is 19.0 Å². The van der Waals surface area contributed by atoms with E-state index >= 15 is 0 Å². The number of rotatable bonds is 49. The third kappa shape index (κ3) is 55.5. The molecule has 408 valence electrons. The van der Waals surface area contributed by atoms with Gasteiger partial charge in [-0.3, -0.25) is 14.2 Å². The minimum absolute atomic E-state index is 0.0502. The molecule has 2 unspecified atom stereocenters. The largest absolute Gasteiger partial charge is 0.756 e. The fourth-order valence-electron chi connectivity index (χ4n) is 6.86. The monoisotopic (exact) mass is 1020 g/mol. The molecule has 0 rings (SSSR count). The molecule has 0 aromatic carbocycles. The number of phosphoric ester groups is 1. The summed E-state index contributed by atoms with van der Waals surface area (Å²) in [6.45, 7) is 4.01. The fraction of sp³-hybridized carbons (Fsp3) is 0.613. The van der Waals surface area contributed by atoms with Gasteiger partial charge in [0.1, 0.15) is 19.8 Å². The Bertz CT molecular complexity index is 1670. The van der Waals surface area contributed by atoms with Gasteiger partial charge in [0.05, 0.1) is 27.7 Å². The lowest BCUT2D eigenvalue weighted by atomic mass is 10.1. The van der Waals surface area contributed by atoms with E-state index in [0.717, 1.165) is 89.9 Å². The molecule has 0 aromatic heterocycles. The lowest BCUT2D eigenvalue weighted by Gasteiger charge is -2.28. The molecule has 0 heterocycles. The highest BCUT2D eigenvalue weighted by atomic mass is 31.2. The van der Waals surface area contributed by atoms with Gasteiger partial charge in [-0.25, -0.2) is 0 Å². The SMILES string of the molecule is CC/C=C\C/C=C\C/C=C\C/C=C\C/C=C\C/C=C\C/C=C\C/C=C\C/C=C\CCCC(=O)OC(COC(=O)CCCCCCCCCCC/C=C\C/C=C\CCCCC)COP(=O)([O-])OCC[N+](C)(C)C. The summed E-state index contributed by atoms with van der Waals surface area (Å²) in [6, 6.07) is 0. The van der Waals surface area contributed by atoms with E-state index in [1.165, 1.54) is 57.8 Å². The molecule has 0 aliphatic heterocycles. The van der Waals surface area contributed by atoms with Crippen LogP contribution in [0.2, 0.25) is 0 Å². The van der Waals surface area contributed by atoms with Crippen LogP contribution in [0, 0.1) is 0 Å². The number of carbonyl (C=O) groups is 2. The van der Waals surface area contributed by atoms with E-state index in [4.69, 9.17) is 18.5 Å². The number of hydrogen-bond donors (Lipinski definition) is 0. The Balaban J connectivity index is 4.36. The summed E-state index contributed by atoms with van der Waals surface area (Å²) < 4.78 is 34.0. The van der Waals surface area contributed by atoms with Gasteiger partial charge in [0.25, 0.3) is 7.82 Å². The molecule has 0 N–H and O–H groups in total. The van der Waals surface area contributed by atoms with E-state index in [1.54, 1.807) is 0 Å². The Labute approximate surface area is 441 Å². The number of carbonyl (C=O) groups excluding carboxylic acids is 2. The standard InChI is InChI=1S/C62H102NO8P/c1-6-8-10-12-14-16-18-20-22-24-26-27-28-29-30-31-32-33-34-35-37-39-41-43-45-47-49-51-53-55-62(65)71-60(59-70-72(66,67)69-57-56-63(3,4)5)58-68-61(64)54-52-50-48-46-44-42-40-38-36-25-23-21-19-17-15-13-11-9-7-2/h8,10,14-17,20-23,26-27,29-30,32-33,35,37,41,43,47,49,60H,6-7,9,11-13,18-19,24-25,28,31,34,36,38-40,42,44-46,48,50-59H2,1-5H3/b10-8-,16-14-,17-15-,22-20-,23-21-,27-26-,30-29-,33-32-,37-35-,43-41-,49-47-. The number of likely N-dealkylation sites (N-methyl/N-ethyl adjacent to an activating group) is 1. The number of allylic oxidation sites excluding steroid dienone is 22. The summed E-state index contributed by atoms with van der Waals surface area (Å²) >= 11 is 0. The molecule has 0 aliphatic carbocycles. The normalized spacial score (nSPS) is 14.4. The van der Waals surface area contributed by atoms with Crippen molar-refractivity contribution in [3.63, 3.8) is 0 Å². The molecule has 0 aliphatic rings. The third-order valence-electron chi connectivity index (χ3n) is 11.2. The van der Waals surface area contributed by atoms with Crippen LogP contribution in [0.5, 0.6) is 0 Å². The molecule has 2 atom stereocenters. The summed E-state index contributed by atoms with van der Waals surface area (Å²) in [5.74, 6) is -0.919. The molecule has 0 saturated carbocycles. The number of esters is 2. The summed E-state index contributed by atoms with van der Waals surface area (Å²) in [6.07, 6.45) is 75.0. The lowest BCUT2D eigenvalue weighted by Crippen LogP contribution is -2.37. The first-order valence-electron chi connectivity index (χ1n) is 27.9. The minimum atomic E-state index is -4.66. The van der Waals surface area contributed by atoms with Gasteiger partial charge in [-0.15, -0.1) is 0 Å². The number of ether oxygens (including phenoxy) is 2. The molecular formula is C62H102NO8P. The van der Waals surface area contributed by atoms with Crippen molar-refractivity contribution in [1.29, 1.82) is 0 Å². The first-order valence-corrected chi connectivity index (χ1v) is 29.4. The van der Waals surface area contributed by atoms with Crippen molar-refractivity contribution < 1.29 is 42.1 Å². The zero-order valence-corrected chi connectivity index (χ0v) is 47.0. The predicted molar refractivity (Wildman–Crippen MR) is 304 cm³/mol. The van der Waals surface area contributed by atoms with Crippen LogP contribution >= 0.6 is 7.82 Å². The van der Waals surface area contributed by atoms with Gasteiger partial charge in [0.2, 0.25) is 0 Å². The van der Waals surface area contributed by atoms with Gasteiger partial charge >= 0.3 is 11.9 Å². The topological polar surface area (TPSA) is 111 Å². The number of hydrogen-bond acceptors (Lipinski definition) is 8. The van der Waals surface area contributed by atoms with Crippen molar-refractivity contribution in [2.24, 2.45) is 0 Å². The molecule has 72 heavy (non-hydrogen) atoms. The second-order valence-electron chi connectivity index (χ2n) is 19.2. The van der Waals surface area contributed by atoms with Crippen LogP contribution in [-0.2, 0) is 32.7 Å². The van der Waals surface area contributed by atoms with E-state index in [0.29, 0.717) is 30.3 Å². The number of unbranched alkanes of at least 4 members (excludes halogenated alkanes) is 13. The van der Waals surface area contributed by atoms with Crippen molar-refractivity contribution in [2.75, 3.05) is 47.5 Å². The van der Waals surface area contributed by atoms with Crippen LogP contribution < -0.4 is 4.89 Å². The molecule has 0 saturated heterocycles. The summed E-state index contributed by atoms with van der Waals surface area (Å²) in [7, 11) is 1.10. The second kappa shape index (κ2) is 52.0. The zero-order chi connectivity index (χ0) is 52.7. The van der Waals surface area contributed by atoms with Crippen LogP contribution in [0.1, 0.15) is 194 Å². The maximum Gasteiger partial charge on any atom is 0.306 e. The van der Waals surface area contributed by atoms with Gasteiger partial charge in [-0.1, -0.05) is 205 Å². The molecule has 0 amide bonds. The highest BCUT2D eigenvalue weighted by Gasteiger charge is 2.21. The van der Waals surface area contributed by atoms with Crippen molar-refractivity contribution in [1.82, 2.24) is 0 Å². The number of nitrogens with zero attached hydrogens (tertiary/aromatic N) is 1. The molecule has 0 bridgehead atoms. The predicted octanol–water partition coefficient (Wildman–Crippen LogP) is 16.7. The molecule has 9 nitrogen and oxygen atoms in total. The molecule has 0 fully saturated rings. The Morgan fingerprint density at radius 3 is 1.22 bits per heavy atom. The van der Waals surface area contributed by atoms with Crippen molar-refractivity contribution >= 4 is 19.8 Å². The van der Waals surface area contributed by atoms with E-state index in [1.807, 2.05) is 27.2 Å². The first-order chi connectivity index (χ1) is 35.0. The Morgan fingerprint density at radius 2 is 0.806 bits per heavy atom. The Kier molecular flexibility index (Phi) is 49.2. The van der Waals surface area contributed by atoms with Crippen molar-refractivity contribution in [2.45, 2.75) is 200 Å².